The number of aliphatic hydroxyl groups excluding tert-OH is 1. The van der Waals surface area contributed by atoms with Crippen molar-refractivity contribution in [1.29, 1.82) is 0 Å². The van der Waals surface area contributed by atoms with Gasteiger partial charge < -0.3 is 20.1 Å². The van der Waals surface area contributed by atoms with Gasteiger partial charge in [0.25, 0.3) is 0 Å². The van der Waals surface area contributed by atoms with E-state index < -0.39 is 0 Å². The summed E-state index contributed by atoms with van der Waals surface area (Å²) in [6.45, 7) is 5.04. The Labute approximate surface area is 138 Å². The molecule has 0 heterocycles. The van der Waals surface area contributed by atoms with Gasteiger partial charge in [0.1, 0.15) is 5.75 Å². The molecule has 23 heavy (non-hydrogen) atoms. The lowest BCUT2D eigenvalue weighted by Gasteiger charge is -2.23. The molecule has 0 bridgehead atoms. The van der Waals surface area contributed by atoms with Gasteiger partial charge in [-0.25, -0.2) is 4.79 Å². The highest BCUT2D eigenvalue weighted by Crippen LogP contribution is 2.26. The highest BCUT2D eigenvalue weighted by atomic mass is 16.5. The molecule has 5 nitrogen and oxygen atoms in total. The zero-order chi connectivity index (χ0) is 16.8. The van der Waals surface area contributed by atoms with Crippen molar-refractivity contribution in [1.82, 2.24) is 10.2 Å². The molecule has 0 saturated heterocycles. The molecule has 2 atom stereocenters. The molecule has 1 saturated carbocycles. The van der Waals surface area contributed by atoms with Crippen LogP contribution in [-0.2, 0) is 6.54 Å². The summed E-state index contributed by atoms with van der Waals surface area (Å²) in [7, 11) is 1.78. The Morgan fingerprint density at radius 3 is 2.87 bits per heavy atom. The van der Waals surface area contributed by atoms with Crippen LogP contribution < -0.4 is 10.1 Å². The van der Waals surface area contributed by atoms with E-state index in [1.807, 2.05) is 38.1 Å². The van der Waals surface area contributed by atoms with Crippen LogP contribution in [0.25, 0.3) is 0 Å². The zero-order valence-electron chi connectivity index (χ0n) is 14.3. The molecule has 1 aliphatic carbocycles. The van der Waals surface area contributed by atoms with Crippen molar-refractivity contribution < 1.29 is 14.6 Å². The molecule has 2 N–H and O–H groups in total. The predicted molar refractivity (Wildman–Crippen MR) is 90.4 cm³/mol. The van der Waals surface area contributed by atoms with E-state index in [0.29, 0.717) is 13.1 Å². The normalized spacial score (nSPS) is 20.6. The Bertz CT molecular complexity index is 519. The summed E-state index contributed by atoms with van der Waals surface area (Å²) in [5.41, 5.74) is 1.01. The van der Waals surface area contributed by atoms with E-state index in [-0.39, 0.29) is 24.2 Å². The van der Waals surface area contributed by atoms with E-state index in [1.165, 1.54) is 0 Å². The van der Waals surface area contributed by atoms with Crippen LogP contribution in [-0.4, -0.2) is 41.8 Å². The number of hydrogen-bond acceptors (Lipinski definition) is 3. The van der Waals surface area contributed by atoms with Crippen molar-refractivity contribution >= 4 is 6.03 Å². The lowest BCUT2D eigenvalue weighted by atomic mass is 10.1. The summed E-state index contributed by atoms with van der Waals surface area (Å²) in [5.74, 6) is 1.02. The number of urea groups is 1. The summed E-state index contributed by atoms with van der Waals surface area (Å²) < 4.78 is 5.66. The fourth-order valence-corrected chi connectivity index (χ4v) is 2.98. The average Bonchev–Trinajstić information content (AvgIpc) is 2.89. The Morgan fingerprint density at radius 2 is 2.22 bits per heavy atom. The topological polar surface area (TPSA) is 61.8 Å². The number of benzene rings is 1. The lowest BCUT2D eigenvalue weighted by Crippen LogP contribution is -2.40. The second-order valence-electron chi connectivity index (χ2n) is 6.61. The van der Waals surface area contributed by atoms with Crippen LogP contribution in [0.4, 0.5) is 4.79 Å². The van der Waals surface area contributed by atoms with Crippen LogP contribution in [0.3, 0.4) is 0 Å². The Hall–Kier alpha value is -1.75. The van der Waals surface area contributed by atoms with Crippen molar-refractivity contribution in [2.45, 2.75) is 51.9 Å². The first-order valence-corrected chi connectivity index (χ1v) is 8.38. The van der Waals surface area contributed by atoms with Crippen molar-refractivity contribution in [2.75, 3.05) is 13.6 Å². The number of hydrogen-bond donors (Lipinski definition) is 2. The summed E-state index contributed by atoms with van der Waals surface area (Å²) in [6, 6.07) is 7.64. The number of rotatable bonds is 6. The number of ether oxygens (including phenoxy) is 1. The molecule has 1 aromatic carbocycles. The highest BCUT2D eigenvalue weighted by molar-refractivity contribution is 5.73. The maximum Gasteiger partial charge on any atom is 0.317 e. The summed E-state index contributed by atoms with van der Waals surface area (Å²) >= 11 is 0. The van der Waals surface area contributed by atoms with Crippen LogP contribution in [0.1, 0.15) is 38.7 Å². The molecule has 0 aliphatic heterocycles. The summed E-state index contributed by atoms with van der Waals surface area (Å²) in [6.07, 6.45) is 2.75. The van der Waals surface area contributed by atoms with Gasteiger partial charge in [0, 0.05) is 26.1 Å². The molecular weight excluding hydrogens is 292 g/mol. The Balaban J connectivity index is 1.81. The quantitative estimate of drug-likeness (QED) is 0.847. The minimum Gasteiger partial charge on any atom is -0.491 e. The minimum absolute atomic E-state index is 0.112. The lowest BCUT2D eigenvalue weighted by molar-refractivity contribution is 0.114. The van der Waals surface area contributed by atoms with Gasteiger partial charge in [-0.05, 0) is 44.4 Å². The molecule has 5 heteroatoms. The van der Waals surface area contributed by atoms with E-state index >= 15 is 0 Å². The van der Waals surface area contributed by atoms with E-state index in [2.05, 4.69) is 5.32 Å². The van der Waals surface area contributed by atoms with Crippen LogP contribution in [0.2, 0.25) is 0 Å². The van der Waals surface area contributed by atoms with E-state index in [4.69, 9.17) is 4.74 Å². The standard InChI is InChI=1S/C18H28N2O3/c1-13(2)23-16-8-4-6-14(10-16)11-19-18(22)20(3)12-15-7-5-9-17(15)21/h4,6,8,10,13,15,17,21H,5,7,9,11-12H2,1-3H3,(H,19,22)/t15-,17+/m1/s1. The number of carbonyl (C=O) groups is 1. The molecule has 0 aromatic heterocycles. The predicted octanol–water partition coefficient (Wildman–Crippen LogP) is 2.78. The van der Waals surface area contributed by atoms with Gasteiger partial charge >= 0.3 is 6.03 Å². The van der Waals surface area contributed by atoms with Gasteiger partial charge in [-0.3, -0.25) is 0 Å². The van der Waals surface area contributed by atoms with Crippen LogP contribution in [0, 0.1) is 5.92 Å². The largest absolute Gasteiger partial charge is 0.491 e. The van der Waals surface area contributed by atoms with Crippen LogP contribution in [0.15, 0.2) is 24.3 Å². The maximum absolute atomic E-state index is 12.2. The smallest absolute Gasteiger partial charge is 0.317 e. The molecule has 2 amide bonds. The minimum atomic E-state index is -0.268. The van der Waals surface area contributed by atoms with Crippen LogP contribution >= 0.6 is 0 Å². The fraction of sp³-hybridized carbons (Fsp3) is 0.611. The third kappa shape index (κ3) is 5.43. The average molecular weight is 320 g/mol. The molecule has 128 valence electrons. The molecule has 0 unspecified atom stereocenters. The second kappa shape index (κ2) is 8.20. The first-order chi connectivity index (χ1) is 11.0. The van der Waals surface area contributed by atoms with Gasteiger partial charge in [-0.2, -0.15) is 0 Å². The second-order valence-corrected chi connectivity index (χ2v) is 6.61. The van der Waals surface area contributed by atoms with Gasteiger partial charge in [0.05, 0.1) is 12.2 Å². The first-order valence-electron chi connectivity index (χ1n) is 8.38. The molecular formula is C18H28N2O3. The molecule has 2 rings (SSSR count). The van der Waals surface area contributed by atoms with Gasteiger partial charge in [-0.15, -0.1) is 0 Å². The summed E-state index contributed by atoms with van der Waals surface area (Å²) in [4.78, 5) is 13.8. The third-order valence-electron chi connectivity index (χ3n) is 4.19. The first kappa shape index (κ1) is 17.6. The van der Waals surface area contributed by atoms with Crippen molar-refractivity contribution in [2.24, 2.45) is 5.92 Å². The SMILES string of the molecule is CC(C)Oc1cccc(CNC(=O)N(C)C[C@H]2CCC[C@@H]2O)c1. The van der Waals surface area contributed by atoms with E-state index in [0.717, 1.165) is 30.6 Å². The fourth-order valence-electron chi connectivity index (χ4n) is 2.98. The molecule has 1 aromatic rings. The van der Waals surface area contributed by atoms with Gasteiger partial charge in [0.15, 0.2) is 0 Å². The van der Waals surface area contributed by atoms with Gasteiger partial charge in [0.2, 0.25) is 0 Å². The molecule has 0 spiro atoms. The monoisotopic (exact) mass is 320 g/mol. The maximum atomic E-state index is 12.2. The van der Waals surface area contributed by atoms with Crippen molar-refractivity contribution in [3.63, 3.8) is 0 Å². The number of aliphatic hydroxyl groups is 1. The number of carbonyl (C=O) groups excluding carboxylic acids is 1. The molecule has 0 radical (unpaired) electrons. The van der Waals surface area contributed by atoms with Crippen molar-refractivity contribution in [3.8, 4) is 5.75 Å². The molecule has 1 fully saturated rings. The Morgan fingerprint density at radius 1 is 1.43 bits per heavy atom. The third-order valence-corrected chi connectivity index (χ3v) is 4.19. The number of nitrogens with one attached hydrogen (secondary N) is 1. The van der Waals surface area contributed by atoms with E-state index in [9.17, 15) is 9.90 Å². The highest BCUT2D eigenvalue weighted by Gasteiger charge is 2.27. The van der Waals surface area contributed by atoms with E-state index in [1.54, 1.807) is 11.9 Å². The number of nitrogens with zero attached hydrogens (tertiary/aromatic N) is 1. The van der Waals surface area contributed by atoms with Crippen molar-refractivity contribution in [3.05, 3.63) is 29.8 Å². The number of amides is 2. The van der Waals surface area contributed by atoms with Gasteiger partial charge in [-0.1, -0.05) is 18.6 Å². The zero-order valence-corrected chi connectivity index (χ0v) is 14.3. The summed E-state index contributed by atoms with van der Waals surface area (Å²) in [5, 5.41) is 12.8. The van der Waals surface area contributed by atoms with Crippen LogP contribution in [0.5, 0.6) is 5.75 Å². The Kier molecular flexibility index (Phi) is 6.28. The molecule has 1 aliphatic rings.